The quantitative estimate of drug-likeness (QED) is 0.416. The summed E-state index contributed by atoms with van der Waals surface area (Å²) in [4.78, 5) is 29.1. The van der Waals surface area contributed by atoms with E-state index in [0.717, 1.165) is 42.4 Å². The molecule has 1 fully saturated rings. The molecule has 0 saturated heterocycles. The fourth-order valence-electron chi connectivity index (χ4n) is 4.82. The Hall–Kier alpha value is -3.60. The van der Waals surface area contributed by atoms with Crippen LogP contribution in [0, 0.1) is 6.92 Å². The molecule has 0 bridgehead atoms. The van der Waals surface area contributed by atoms with Crippen molar-refractivity contribution < 1.29 is 14.3 Å². The molecule has 0 heterocycles. The van der Waals surface area contributed by atoms with E-state index in [1.807, 2.05) is 91.9 Å². The highest BCUT2D eigenvalue weighted by Crippen LogP contribution is 2.21. The molecule has 0 spiro atoms. The van der Waals surface area contributed by atoms with Crippen LogP contribution < -0.4 is 10.1 Å². The lowest BCUT2D eigenvalue weighted by atomic mass is 9.94. The summed E-state index contributed by atoms with van der Waals surface area (Å²) in [5, 5.41) is 3.27. The lowest BCUT2D eigenvalue weighted by Crippen LogP contribution is -2.53. The summed E-state index contributed by atoms with van der Waals surface area (Å²) in [5.41, 5.74) is 2.97. The Balaban J connectivity index is 1.59. The second-order valence-corrected chi connectivity index (χ2v) is 9.61. The highest BCUT2D eigenvalue weighted by molar-refractivity contribution is 5.88. The average Bonchev–Trinajstić information content (AvgIpc) is 2.91. The van der Waals surface area contributed by atoms with Crippen molar-refractivity contribution in [1.29, 1.82) is 0 Å². The summed E-state index contributed by atoms with van der Waals surface area (Å²) in [6.07, 6.45) is 5.91. The van der Waals surface area contributed by atoms with E-state index in [1.165, 1.54) is 6.42 Å². The molecule has 188 valence electrons. The Morgan fingerprint density at radius 3 is 2.14 bits per heavy atom. The van der Waals surface area contributed by atoms with Crippen LogP contribution in [-0.4, -0.2) is 35.4 Å². The van der Waals surface area contributed by atoms with Crippen LogP contribution in [0.15, 0.2) is 84.9 Å². The first-order valence-corrected chi connectivity index (χ1v) is 13.0. The van der Waals surface area contributed by atoms with Crippen LogP contribution in [-0.2, 0) is 22.6 Å². The first-order chi connectivity index (χ1) is 17.6. The molecule has 4 rings (SSSR count). The van der Waals surface area contributed by atoms with E-state index in [2.05, 4.69) is 5.32 Å². The lowest BCUT2D eigenvalue weighted by Gasteiger charge is -2.33. The summed E-state index contributed by atoms with van der Waals surface area (Å²) in [5.74, 6) is 0.379. The van der Waals surface area contributed by atoms with Gasteiger partial charge in [-0.2, -0.15) is 0 Å². The van der Waals surface area contributed by atoms with Gasteiger partial charge in [0.2, 0.25) is 5.91 Å². The maximum absolute atomic E-state index is 13.7. The maximum Gasteiger partial charge on any atom is 0.261 e. The van der Waals surface area contributed by atoms with Crippen LogP contribution in [0.4, 0.5) is 0 Å². The van der Waals surface area contributed by atoms with Crippen LogP contribution in [0.1, 0.15) is 48.8 Å². The Morgan fingerprint density at radius 2 is 1.47 bits per heavy atom. The van der Waals surface area contributed by atoms with Gasteiger partial charge in [-0.05, 0) is 42.5 Å². The summed E-state index contributed by atoms with van der Waals surface area (Å²) in [6.45, 7) is 2.17. The number of ether oxygens (including phenoxy) is 1. The first kappa shape index (κ1) is 25.5. The van der Waals surface area contributed by atoms with Crippen molar-refractivity contribution in [2.75, 3.05) is 6.61 Å². The third-order valence-electron chi connectivity index (χ3n) is 6.86. The van der Waals surface area contributed by atoms with Crippen LogP contribution >= 0.6 is 0 Å². The highest BCUT2D eigenvalue weighted by atomic mass is 16.5. The molecule has 36 heavy (non-hydrogen) atoms. The number of carbonyl (C=O) groups excluding carboxylic acids is 2. The van der Waals surface area contributed by atoms with E-state index >= 15 is 0 Å². The average molecular weight is 485 g/mol. The van der Waals surface area contributed by atoms with Gasteiger partial charge >= 0.3 is 0 Å². The third kappa shape index (κ3) is 7.20. The van der Waals surface area contributed by atoms with Gasteiger partial charge in [0, 0.05) is 19.0 Å². The second-order valence-electron chi connectivity index (χ2n) is 9.61. The van der Waals surface area contributed by atoms with E-state index in [4.69, 9.17) is 4.74 Å². The molecule has 0 unspecified atom stereocenters. The van der Waals surface area contributed by atoms with Crippen LogP contribution in [0.3, 0.4) is 0 Å². The van der Waals surface area contributed by atoms with E-state index in [-0.39, 0.29) is 24.5 Å². The number of carbonyl (C=O) groups is 2. The lowest BCUT2D eigenvalue weighted by molar-refractivity contribution is -0.143. The van der Waals surface area contributed by atoms with Crippen molar-refractivity contribution in [3.8, 4) is 5.75 Å². The molecular formula is C31H36N2O3. The fourth-order valence-corrected chi connectivity index (χ4v) is 4.82. The van der Waals surface area contributed by atoms with Crippen molar-refractivity contribution in [2.24, 2.45) is 0 Å². The van der Waals surface area contributed by atoms with Crippen LogP contribution in [0.5, 0.6) is 5.75 Å². The molecule has 3 aromatic rings. The topological polar surface area (TPSA) is 58.6 Å². The van der Waals surface area contributed by atoms with Gasteiger partial charge in [-0.1, -0.05) is 98.1 Å². The zero-order valence-corrected chi connectivity index (χ0v) is 21.1. The smallest absolute Gasteiger partial charge is 0.261 e. The van der Waals surface area contributed by atoms with Gasteiger partial charge < -0.3 is 15.0 Å². The van der Waals surface area contributed by atoms with E-state index < -0.39 is 6.04 Å². The van der Waals surface area contributed by atoms with Crippen molar-refractivity contribution >= 4 is 11.8 Å². The molecule has 0 aromatic heterocycles. The summed E-state index contributed by atoms with van der Waals surface area (Å²) in [7, 11) is 0. The molecular weight excluding hydrogens is 448 g/mol. The Bertz CT molecular complexity index is 1110. The molecule has 2 amide bonds. The minimum atomic E-state index is -0.637. The standard InChI is InChI=1S/C31H36N2O3/c1-24-13-11-12-20-29(24)36-23-30(34)33(22-26-16-7-3-8-17-26)28(21-25-14-5-2-6-15-25)31(35)32-27-18-9-4-10-19-27/h2-3,5-8,11-17,20,27-28H,4,9-10,18-19,21-23H2,1H3,(H,32,35)/t28-/m1/s1. The number of hydrogen-bond donors (Lipinski definition) is 1. The molecule has 3 aromatic carbocycles. The van der Waals surface area contributed by atoms with Gasteiger partial charge in [-0.25, -0.2) is 0 Å². The van der Waals surface area contributed by atoms with Crippen molar-refractivity contribution in [3.05, 3.63) is 102 Å². The number of aryl methyl sites for hydroxylation is 1. The number of rotatable bonds is 10. The predicted molar refractivity (Wildman–Crippen MR) is 143 cm³/mol. The number of hydrogen-bond acceptors (Lipinski definition) is 3. The number of nitrogens with zero attached hydrogens (tertiary/aromatic N) is 1. The van der Waals surface area contributed by atoms with Gasteiger partial charge in [0.05, 0.1) is 0 Å². The normalized spacial score (nSPS) is 14.6. The zero-order chi connectivity index (χ0) is 25.2. The number of para-hydroxylation sites is 1. The van der Waals surface area contributed by atoms with Gasteiger partial charge in [-0.15, -0.1) is 0 Å². The number of nitrogens with one attached hydrogen (secondary N) is 1. The van der Waals surface area contributed by atoms with Crippen molar-refractivity contribution in [2.45, 2.75) is 64.1 Å². The summed E-state index contributed by atoms with van der Waals surface area (Å²) < 4.78 is 5.92. The van der Waals surface area contributed by atoms with E-state index in [0.29, 0.717) is 18.7 Å². The largest absolute Gasteiger partial charge is 0.484 e. The molecule has 0 aliphatic heterocycles. The predicted octanol–water partition coefficient (Wildman–Crippen LogP) is 5.46. The maximum atomic E-state index is 13.7. The van der Waals surface area contributed by atoms with Gasteiger partial charge in [0.15, 0.2) is 6.61 Å². The fraction of sp³-hybridized carbons (Fsp3) is 0.355. The molecule has 1 N–H and O–H groups in total. The van der Waals surface area contributed by atoms with E-state index in [1.54, 1.807) is 4.90 Å². The first-order valence-electron chi connectivity index (χ1n) is 13.0. The van der Waals surface area contributed by atoms with Crippen LogP contribution in [0.2, 0.25) is 0 Å². The number of amides is 2. The molecule has 5 nitrogen and oxygen atoms in total. The monoisotopic (exact) mass is 484 g/mol. The van der Waals surface area contributed by atoms with Gasteiger partial charge in [0.25, 0.3) is 5.91 Å². The SMILES string of the molecule is Cc1ccccc1OCC(=O)N(Cc1ccccc1)[C@H](Cc1ccccc1)C(=O)NC1CCCCC1. The molecule has 1 saturated carbocycles. The number of benzene rings is 3. The second kappa shape index (κ2) is 12.9. The minimum Gasteiger partial charge on any atom is -0.484 e. The minimum absolute atomic E-state index is 0.0917. The Morgan fingerprint density at radius 1 is 0.861 bits per heavy atom. The van der Waals surface area contributed by atoms with Gasteiger partial charge in [-0.3, -0.25) is 9.59 Å². The molecule has 5 heteroatoms. The van der Waals surface area contributed by atoms with Gasteiger partial charge in [0.1, 0.15) is 11.8 Å². The van der Waals surface area contributed by atoms with E-state index in [9.17, 15) is 9.59 Å². The molecule has 1 aliphatic rings. The zero-order valence-electron chi connectivity index (χ0n) is 21.1. The summed E-state index contributed by atoms with van der Waals surface area (Å²) in [6, 6.07) is 26.9. The van der Waals surface area contributed by atoms with Crippen LogP contribution in [0.25, 0.3) is 0 Å². The third-order valence-corrected chi connectivity index (χ3v) is 6.86. The molecule has 1 atom stereocenters. The molecule has 1 aliphatic carbocycles. The van der Waals surface area contributed by atoms with Crippen molar-refractivity contribution in [1.82, 2.24) is 10.2 Å². The molecule has 0 radical (unpaired) electrons. The highest BCUT2D eigenvalue weighted by Gasteiger charge is 2.32. The Kier molecular flexibility index (Phi) is 9.15. The summed E-state index contributed by atoms with van der Waals surface area (Å²) >= 11 is 0. The Labute approximate surface area is 214 Å². The van der Waals surface area contributed by atoms with Crippen molar-refractivity contribution in [3.63, 3.8) is 0 Å².